The van der Waals surface area contributed by atoms with Gasteiger partial charge in [0, 0.05) is 44.0 Å². The molecule has 2 aromatic carbocycles. The number of carbonyl (C=O) groups is 1. The number of nitro benzene ring substituents is 1. The van der Waals surface area contributed by atoms with Crippen LogP contribution in [0.2, 0.25) is 0 Å². The molecule has 0 aromatic heterocycles. The number of hydrogen-bond donors (Lipinski definition) is 0. The quantitative estimate of drug-likeness (QED) is 0.641. The molecule has 0 N–H and O–H groups in total. The lowest BCUT2D eigenvalue weighted by molar-refractivity contribution is -0.384. The maximum Gasteiger partial charge on any atom is 0.269 e. The summed E-state index contributed by atoms with van der Waals surface area (Å²) in [5.41, 5.74) is 1.01. The van der Waals surface area contributed by atoms with Crippen LogP contribution in [-0.4, -0.2) is 41.9 Å². The Hall–Kier alpha value is -2.96. The van der Waals surface area contributed by atoms with Crippen LogP contribution in [0.15, 0.2) is 48.5 Å². The molecule has 1 aliphatic rings. The van der Waals surface area contributed by atoms with Crippen molar-refractivity contribution < 1.29 is 14.1 Å². The molecule has 0 spiro atoms. The second-order valence-corrected chi connectivity index (χ2v) is 5.53. The van der Waals surface area contributed by atoms with Crippen LogP contribution in [-0.2, 0) is 0 Å². The zero-order chi connectivity index (χ0) is 17.1. The predicted octanol–water partition coefficient (Wildman–Crippen LogP) is 2.70. The summed E-state index contributed by atoms with van der Waals surface area (Å²) in [4.78, 5) is 26.3. The van der Waals surface area contributed by atoms with E-state index in [1.165, 1.54) is 24.3 Å². The van der Waals surface area contributed by atoms with Crippen molar-refractivity contribution >= 4 is 17.3 Å². The number of nitrogens with zero attached hydrogens (tertiary/aromatic N) is 3. The van der Waals surface area contributed by atoms with Gasteiger partial charge < -0.3 is 9.80 Å². The largest absolute Gasteiger partial charge is 0.368 e. The van der Waals surface area contributed by atoms with E-state index in [0.29, 0.717) is 26.2 Å². The molecule has 0 unspecified atom stereocenters. The van der Waals surface area contributed by atoms with Gasteiger partial charge in [-0.15, -0.1) is 0 Å². The van der Waals surface area contributed by atoms with E-state index in [0.717, 1.165) is 5.69 Å². The minimum atomic E-state index is -0.514. The Morgan fingerprint density at radius 1 is 1.00 bits per heavy atom. The lowest BCUT2D eigenvalue weighted by Gasteiger charge is -2.36. The highest BCUT2D eigenvalue weighted by Gasteiger charge is 2.24. The van der Waals surface area contributed by atoms with E-state index in [1.807, 2.05) is 0 Å². The zero-order valence-electron chi connectivity index (χ0n) is 12.9. The normalized spacial score (nSPS) is 14.5. The highest BCUT2D eigenvalue weighted by atomic mass is 19.1. The number of nitro groups is 1. The average Bonchev–Trinajstić information content (AvgIpc) is 2.62. The Bertz CT molecular complexity index is 756. The molecule has 124 valence electrons. The third kappa shape index (κ3) is 3.19. The van der Waals surface area contributed by atoms with Crippen molar-refractivity contribution in [2.45, 2.75) is 0 Å². The number of piperazine rings is 1. The van der Waals surface area contributed by atoms with E-state index in [1.54, 1.807) is 29.2 Å². The molecule has 1 fully saturated rings. The van der Waals surface area contributed by atoms with Crippen molar-refractivity contribution in [1.82, 2.24) is 4.90 Å². The number of benzene rings is 2. The third-order valence-corrected chi connectivity index (χ3v) is 4.10. The first kappa shape index (κ1) is 15.9. The molecule has 0 atom stereocenters. The number of non-ortho nitro benzene ring substituents is 1. The van der Waals surface area contributed by atoms with Crippen LogP contribution >= 0.6 is 0 Å². The smallest absolute Gasteiger partial charge is 0.269 e. The van der Waals surface area contributed by atoms with E-state index in [9.17, 15) is 19.3 Å². The van der Waals surface area contributed by atoms with Crippen LogP contribution in [0.1, 0.15) is 10.4 Å². The first-order chi connectivity index (χ1) is 11.6. The minimum Gasteiger partial charge on any atom is -0.368 e. The molecule has 7 heteroatoms. The molecule has 1 heterocycles. The molecular formula is C17H16FN3O3. The van der Waals surface area contributed by atoms with Gasteiger partial charge in [0.25, 0.3) is 11.6 Å². The van der Waals surface area contributed by atoms with Gasteiger partial charge >= 0.3 is 0 Å². The SMILES string of the molecule is O=C(c1ccccc1F)N1CCN(c2ccc([N+](=O)[O-])cc2)CC1. The van der Waals surface area contributed by atoms with Gasteiger partial charge in [-0.2, -0.15) is 0 Å². The van der Waals surface area contributed by atoms with Gasteiger partial charge in [-0.1, -0.05) is 12.1 Å². The molecule has 0 radical (unpaired) electrons. The summed E-state index contributed by atoms with van der Waals surface area (Å²) in [6.07, 6.45) is 0. The molecule has 2 aromatic rings. The molecule has 0 bridgehead atoms. The molecule has 6 nitrogen and oxygen atoms in total. The monoisotopic (exact) mass is 329 g/mol. The molecule has 1 amide bonds. The summed E-state index contributed by atoms with van der Waals surface area (Å²) in [5, 5.41) is 10.7. The van der Waals surface area contributed by atoms with Crippen LogP contribution in [0.4, 0.5) is 15.8 Å². The van der Waals surface area contributed by atoms with E-state index < -0.39 is 10.7 Å². The van der Waals surface area contributed by atoms with Gasteiger partial charge in [0.2, 0.25) is 0 Å². The fourth-order valence-electron chi connectivity index (χ4n) is 2.76. The third-order valence-electron chi connectivity index (χ3n) is 4.10. The fourth-order valence-corrected chi connectivity index (χ4v) is 2.76. The van der Waals surface area contributed by atoms with Crippen molar-refractivity contribution in [2.24, 2.45) is 0 Å². The van der Waals surface area contributed by atoms with Crippen molar-refractivity contribution in [3.05, 3.63) is 70.0 Å². The molecule has 1 saturated heterocycles. The lowest BCUT2D eigenvalue weighted by Crippen LogP contribution is -2.49. The van der Waals surface area contributed by atoms with Crippen LogP contribution in [0.5, 0.6) is 0 Å². The van der Waals surface area contributed by atoms with Crippen molar-refractivity contribution in [3.63, 3.8) is 0 Å². The number of halogens is 1. The summed E-state index contributed by atoms with van der Waals surface area (Å²) >= 11 is 0. The second-order valence-electron chi connectivity index (χ2n) is 5.53. The molecule has 0 aliphatic carbocycles. The summed E-state index contributed by atoms with van der Waals surface area (Å²) < 4.78 is 13.7. The Morgan fingerprint density at radius 3 is 2.21 bits per heavy atom. The van der Waals surface area contributed by atoms with Crippen LogP contribution < -0.4 is 4.90 Å². The molecule has 1 aliphatic heterocycles. The second kappa shape index (κ2) is 6.66. The number of anilines is 1. The predicted molar refractivity (Wildman–Crippen MR) is 87.6 cm³/mol. The fraction of sp³-hybridized carbons (Fsp3) is 0.235. The van der Waals surface area contributed by atoms with Crippen molar-refractivity contribution in [1.29, 1.82) is 0 Å². The molecule has 3 rings (SSSR count). The number of carbonyl (C=O) groups excluding carboxylic acids is 1. The van der Waals surface area contributed by atoms with Gasteiger partial charge in [0.1, 0.15) is 5.82 Å². The highest BCUT2D eigenvalue weighted by Crippen LogP contribution is 2.21. The maximum atomic E-state index is 13.7. The van der Waals surface area contributed by atoms with Gasteiger partial charge in [0.05, 0.1) is 10.5 Å². The standard InChI is InChI=1S/C17H16FN3O3/c18-16-4-2-1-3-15(16)17(22)20-11-9-19(10-12-20)13-5-7-14(8-6-13)21(23)24/h1-8H,9-12H2. The zero-order valence-corrected chi connectivity index (χ0v) is 12.9. The van der Waals surface area contributed by atoms with Gasteiger partial charge in [-0.3, -0.25) is 14.9 Å². The van der Waals surface area contributed by atoms with E-state index in [4.69, 9.17) is 0 Å². The van der Waals surface area contributed by atoms with E-state index >= 15 is 0 Å². The van der Waals surface area contributed by atoms with Gasteiger partial charge in [-0.05, 0) is 24.3 Å². The first-order valence-corrected chi connectivity index (χ1v) is 7.59. The summed E-state index contributed by atoms with van der Waals surface area (Å²) in [5.74, 6) is -0.822. The van der Waals surface area contributed by atoms with Gasteiger partial charge in [0.15, 0.2) is 0 Å². The van der Waals surface area contributed by atoms with E-state index in [2.05, 4.69) is 4.90 Å². The summed E-state index contributed by atoms with van der Waals surface area (Å²) in [7, 11) is 0. The average molecular weight is 329 g/mol. The summed E-state index contributed by atoms with van der Waals surface area (Å²) in [6, 6.07) is 12.3. The maximum absolute atomic E-state index is 13.7. The van der Waals surface area contributed by atoms with Crippen LogP contribution in [0.3, 0.4) is 0 Å². The Kier molecular flexibility index (Phi) is 4.41. The van der Waals surface area contributed by atoms with Gasteiger partial charge in [-0.25, -0.2) is 4.39 Å². The molecule has 0 saturated carbocycles. The Labute approximate surface area is 138 Å². The Morgan fingerprint density at radius 2 is 1.62 bits per heavy atom. The first-order valence-electron chi connectivity index (χ1n) is 7.59. The topological polar surface area (TPSA) is 66.7 Å². The van der Waals surface area contributed by atoms with Crippen molar-refractivity contribution in [2.75, 3.05) is 31.1 Å². The number of amides is 1. The highest BCUT2D eigenvalue weighted by molar-refractivity contribution is 5.94. The van der Waals surface area contributed by atoms with E-state index in [-0.39, 0.29) is 17.2 Å². The summed E-state index contributed by atoms with van der Waals surface area (Å²) in [6.45, 7) is 2.14. The lowest BCUT2D eigenvalue weighted by atomic mass is 10.1. The molecule has 24 heavy (non-hydrogen) atoms. The number of hydrogen-bond acceptors (Lipinski definition) is 4. The van der Waals surface area contributed by atoms with Crippen LogP contribution in [0.25, 0.3) is 0 Å². The number of rotatable bonds is 3. The molecular weight excluding hydrogens is 313 g/mol. The van der Waals surface area contributed by atoms with Crippen LogP contribution in [0, 0.1) is 15.9 Å². The minimum absolute atomic E-state index is 0.0483. The van der Waals surface area contributed by atoms with Crippen molar-refractivity contribution in [3.8, 4) is 0 Å². The Balaban J connectivity index is 1.64.